The van der Waals surface area contributed by atoms with Crippen molar-refractivity contribution in [1.82, 2.24) is 5.32 Å². The fraction of sp³-hybridized carbons (Fsp3) is 0.900. The summed E-state index contributed by atoms with van der Waals surface area (Å²) in [5.41, 5.74) is 4.95. The van der Waals surface area contributed by atoms with Crippen LogP contribution in [0.25, 0.3) is 0 Å². The predicted octanol–water partition coefficient (Wildman–Crippen LogP) is 0.663. The van der Waals surface area contributed by atoms with E-state index in [1.165, 1.54) is 0 Å². The molecule has 0 aliphatic heterocycles. The molecule has 5 nitrogen and oxygen atoms in total. The van der Waals surface area contributed by atoms with Gasteiger partial charge in [-0.2, -0.15) is 13.2 Å². The van der Waals surface area contributed by atoms with Crippen LogP contribution in [0.4, 0.5) is 13.2 Å². The number of hydrogen-bond donors (Lipinski definition) is 4. The summed E-state index contributed by atoms with van der Waals surface area (Å²) in [6.45, 7) is 0.00996. The molecule has 0 spiro atoms. The highest BCUT2D eigenvalue weighted by atomic mass is 19.4. The Labute approximate surface area is 103 Å². The van der Waals surface area contributed by atoms with E-state index in [0.717, 1.165) is 12.8 Å². The lowest BCUT2D eigenvalue weighted by Gasteiger charge is -2.21. The summed E-state index contributed by atoms with van der Waals surface area (Å²) in [7, 11) is 0. The molecule has 1 rings (SSSR count). The van der Waals surface area contributed by atoms with Crippen LogP contribution in [0.3, 0.4) is 0 Å². The first-order valence-corrected chi connectivity index (χ1v) is 5.70. The van der Waals surface area contributed by atoms with E-state index in [0.29, 0.717) is 13.0 Å². The average molecular weight is 269 g/mol. The number of nitrogens with zero attached hydrogens (tertiary/aromatic N) is 1. The van der Waals surface area contributed by atoms with Gasteiger partial charge < -0.3 is 21.4 Å². The summed E-state index contributed by atoms with van der Waals surface area (Å²) in [6, 6.07) is 0. The number of nitrogens with one attached hydrogen (secondary N) is 1. The third kappa shape index (κ3) is 4.02. The zero-order chi connectivity index (χ0) is 13.8. The topological polar surface area (TPSA) is 90.9 Å². The fourth-order valence-electron chi connectivity index (χ4n) is 1.87. The van der Waals surface area contributed by atoms with Crippen LogP contribution in [-0.2, 0) is 0 Å². The molecule has 0 saturated heterocycles. The summed E-state index contributed by atoms with van der Waals surface area (Å²) < 4.78 is 37.8. The Bertz CT molecular complexity index is 303. The van der Waals surface area contributed by atoms with E-state index < -0.39 is 24.5 Å². The van der Waals surface area contributed by atoms with Crippen LogP contribution in [0.15, 0.2) is 5.16 Å². The van der Waals surface area contributed by atoms with Crippen LogP contribution in [0, 0.1) is 11.3 Å². The molecule has 1 unspecified atom stereocenters. The largest absolute Gasteiger partial charge is 0.409 e. The molecule has 0 bridgehead atoms. The highest BCUT2D eigenvalue weighted by molar-refractivity contribution is 5.83. The van der Waals surface area contributed by atoms with Crippen LogP contribution in [0.2, 0.25) is 0 Å². The molecule has 8 heteroatoms. The van der Waals surface area contributed by atoms with Crippen LogP contribution in [-0.4, -0.2) is 42.0 Å². The lowest BCUT2D eigenvalue weighted by Crippen LogP contribution is -2.44. The number of alkyl halides is 3. The van der Waals surface area contributed by atoms with Crippen molar-refractivity contribution in [3.63, 3.8) is 0 Å². The third-order valence-corrected chi connectivity index (χ3v) is 3.32. The number of nitrogens with two attached hydrogens (primary N) is 1. The highest BCUT2D eigenvalue weighted by Gasteiger charge is 2.45. The molecular formula is C10H18F3N3O2. The first kappa shape index (κ1) is 15.0. The molecule has 18 heavy (non-hydrogen) atoms. The van der Waals surface area contributed by atoms with Gasteiger partial charge in [0.05, 0.1) is 0 Å². The Balaban J connectivity index is 2.44. The minimum absolute atomic E-state index is 0.0324. The highest BCUT2D eigenvalue weighted by Crippen LogP contribution is 2.47. The minimum Gasteiger partial charge on any atom is -0.409 e. The van der Waals surface area contributed by atoms with Gasteiger partial charge in [-0.25, -0.2) is 0 Å². The van der Waals surface area contributed by atoms with Gasteiger partial charge in [-0.1, -0.05) is 5.16 Å². The van der Waals surface area contributed by atoms with E-state index in [1.54, 1.807) is 0 Å². The Kier molecular flexibility index (Phi) is 4.80. The molecule has 0 amide bonds. The van der Waals surface area contributed by atoms with E-state index in [9.17, 15) is 13.2 Å². The molecule has 1 fully saturated rings. The quantitative estimate of drug-likeness (QED) is 0.236. The number of aliphatic hydroxyl groups is 1. The van der Waals surface area contributed by atoms with Crippen LogP contribution < -0.4 is 11.1 Å². The Morgan fingerprint density at radius 2 is 2.06 bits per heavy atom. The normalized spacial score (nSPS) is 20.8. The van der Waals surface area contributed by atoms with Crippen LogP contribution in [0.1, 0.15) is 19.3 Å². The van der Waals surface area contributed by atoms with E-state index in [1.807, 2.05) is 0 Å². The number of halogens is 3. The van der Waals surface area contributed by atoms with E-state index in [4.69, 9.17) is 16.0 Å². The predicted molar refractivity (Wildman–Crippen MR) is 59.2 cm³/mol. The molecule has 1 aliphatic carbocycles. The van der Waals surface area contributed by atoms with Crippen molar-refractivity contribution in [2.75, 3.05) is 19.7 Å². The number of aliphatic hydroxyl groups excluding tert-OH is 1. The lowest BCUT2D eigenvalue weighted by molar-refractivity contribution is -0.155. The van der Waals surface area contributed by atoms with Crippen molar-refractivity contribution in [3.05, 3.63) is 0 Å². The van der Waals surface area contributed by atoms with E-state index in [-0.39, 0.29) is 12.0 Å². The Morgan fingerprint density at radius 3 is 2.44 bits per heavy atom. The maximum absolute atomic E-state index is 12.6. The number of hydrogen-bond acceptors (Lipinski definition) is 4. The van der Waals surface area contributed by atoms with E-state index >= 15 is 0 Å². The first-order chi connectivity index (χ1) is 8.34. The van der Waals surface area contributed by atoms with Gasteiger partial charge in [0.2, 0.25) is 0 Å². The van der Waals surface area contributed by atoms with Crippen LogP contribution >= 0.6 is 0 Å². The number of oxime groups is 1. The zero-order valence-electron chi connectivity index (χ0n) is 9.87. The first-order valence-electron chi connectivity index (χ1n) is 5.70. The summed E-state index contributed by atoms with van der Waals surface area (Å²) in [5.74, 6) is -2.84. The molecule has 0 aromatic heterocycles. The summed E-state index contributed by atoms with van der Waals surface area (Å²) in [4.78, 5) is 0. The molecule has 106 valence electrons. The van der Waals surface area contributed by atoms with Crippen molar-refractivity contribution in [3.8, 4) is 0 Å². The second kappa shape index (κ2) is 5.75. The third-order valence-electron chi connectivity index (χ3n) is 3.32. The smallest absolute Gasteiger partial charge is 0.400 e. The van der Waals surface area contributed by atoms with Gasteiger partial charge in [-0.3, -0.25) is 0 Å². The van der Waals surface area contributed by atoms with Gasteiger partial charge in [0.1, 0.15) is 5.92 Å². The summed E-state index contributed by atoms with van der Waals surface area (Å²) in [5, 5.41) is 22.3. The molecule has 5 N–H and O–H groups in total. The van der Waals surface area contributed by atoms with Gasteiger partial charge in [-0.05, 0) is 24.7 Å². The maximum Gasteiger partial charge on any atom is 0.400 e. The van der Waals surface area contributed by atoms with Crippen molar-refractivity contribution >= 4 is 5.84 Å². The Hall–Kier alpha value is -1.02. The second-order valence-corrected chi connectivity index (χ2v) is 4.72. The van der Waals surface area contributed by atoms with Gasteiger partial charge in [0, 0.05) is 19.7 Å². The fourth-order valence-corrected chi connectivity index (χ4v) is 1.87. The standard InChI is InChI=1S/C10H18F3N3O2/c11-10(12,13)7(8(14)16-18)5-15-6-9(1-2-9)3-4-17/h7,15,17-18H,1-6H2,(H2,14,16). The molecule has 0 heterocycles. The SMILES string of the molecule is NC(=NO)C(CNCC1(CCO)CC1)C(F)(F)F. The summed E-state index contributed by atoms with van der Waals surface area (Å²) >= 11 is 0. The number of rotatable bonds is 7. The van der Waals surface area contributed by atoms with Gasteiger partial charge in [-0.15, -0.1) is 0 Å². The van der Waals surface area contributed by atoms with Gasteiger partial charge >= 0.3 is 6.18 Å². The van der Waals surface area contributed by atoms with Crippen molar-refractivity contribution < 1.29 is 23.5 Å². The van der Waals surface area contributed by atoms with Crippen molar-refractivity contribution in [1.29, 1.82) is 0 Å². The molecule has 1 atom stereocenters. The second-order valence-electron chi connectivity index (χ2n) is 4.72. The minimum atomic E-state index is -4.54. The molecular weight excluding hydrogens is 251 g/mol. The van der Waals surface area contributed by atoms with Crippen molar-refractivity contribution in [2.24, 2.45) is 22.2 Å². The summed E-state index contributed by atoms with van der Waals surface area (Å²) in [6.07, 6.45) is -2.15. The lowest BCUT2D eigenvalue weighted by atomic mass is 10.0. The Morgan fingerprint density at radius 1 is 1.44 bits per heavy atom. The monoisotopic (exact) mass is 269 g/mol. The van der Waals surface area contributed by atoms with Crippen molar-refractivity contribution in [2.45, 2.75) is 25.4 Å². The average Bonchev–Trinajstić information content (AvgIpc) is 3.03. The van der Waals surface area contributed by atoms with Gasteiger partial charge in [0.25, 0.3) is 0 Å². The molecule has 0 aromatic rings. The zero-order valence-corrected chi connectivity index (χ0v) is 9.87. The molecule has 0 radical (unpaired) electrons. The molecule has 1 aliphatic rings. The number of amidine groups is 1. The van der Waals surface area contributed by atoms with Gasteiger partial charge in [0.15, 0.2) is 5.84 Å². The molecule has 0 aromatic carbocycles. The molecule has 1 saturated carbocycles. The van der Waals surface area contributed by atoms with E-state index in [2.05, 4.69) is 10.5 Å². The maximum atomic E-state index is 12.6. The van der Waals surface area contributed by atoms with Crippen LogP contribution in [0.5, 0.6) is 0 Å².